The number of aromatic nitrogens is 1. The molecule has 1 saturated heterocycles. The van der Waals surface area contributed by atoms with Crippen LogP contribution < -0.4 is 20.3 Å². The molecule has 3 amide bonds. The number of nitrogens with zero attached hydrogens (tertiary/aromatic N) is 2. The molecule has 0 aliphatic carbocycles. The highest BCUT2D eigenvalue weighted by Crippen LogP contribution is 2.32. The van der Waals surface area contributed by atoms with Gasteiger partial charge in [0.05, 0.1) is 11.7 Å². The Bertz CT molecular complexity index is 1250. The van der Waals surface area contributed by atoms with Crippen LogP contribution in [0.15, 0.2) is 66.9 Å². The molecule has 10 heteroatoms. The molecule has 2 heterocycles. The molecule has 0 spiro atoms. The molecule has 3 aromatic rings. The van der Waals surface area contributed by atoms with Gasteiger partial charge in [-0.1, -0.05) is 12.1 Å². The predicted octanol–water partition coefficient (Wildman–Crippen LogP) is 5.87. The minimum absolute atomic E-state index is 0.0280. The van der Waals surface area contributed by atoms with Crippen molar-refractivity contribution < 1.29 is 27.5 Å². The van der Waals surface area contributed by atoms with Gasteiger partial charge < -0.3 is 20.3 Å². The number of pyridine rings is 1. The highest BCUT2D eigenvalue weighted by molar-refractivity contribution is 6.01. The average Bonchev–Trinajstić information content (AvgIpc) is 2.85. The molecule has 1 fully saturated rings. The van der Waals surface area contributed by atoms with Gasteiger partial charge in [0.2, 0.25) is 11.8 Å². The lowest BCUT2D eigenvalue weighted by Crippen LogP contribution is -2.53. The zero-order valence-corrected chi connectivity index (χ0v) is 20.4. The average molecular weight is 513 g/mol. The van der Waals surface area contributed by atoms with E-state index in [0.29, 0.717) is 31.0 Å². The molecule has 37 heavy (non-hydrogen) atoms. The van der Waals surface area contributed by atoms with Crippen LogP contribution in [0.1, 0.15) is 32.3 Å². The number of alkyl halides is 3. The molecule has 1 aromatic heterocycles. The van der Waals surface area contributed by atoms with Crippen molar-refractivity contribution >= 4 is 23.3 Å². The minimum Gasteiger partial charge on any atom is -0.475 e. The van der Waals surface area contributed by atoms with E-state index in [1.807, 2.05) is 50.2 Å². The van der Waals surface area contributed by atoms with E-state index in [9.17, 15) is 22.8 Å². The first-order chi connectivity index (χ1) is 17.6. The van der Waals surface area contributed by atoms with Crippen LogP contribution in [0, 0.1) is 0 Å². The van der Waals surface area contributed by atoms with Gasteiger partial charge in [0.25, 0.3) is 0 Å². The highest BCUT2D eigenvalue weighted by atomic mass is 19.4. The van der Waals surface area contributed by atoms with Crippen LogP contribution in [0.4, 0.5) is 29.3 Å². The number of piperidine rings is 1. The number of nitrogens with one attached hydrogen (secondary N) is 2. The summed E-state index contributed by atoms with van der Waals surface area (Å²) in [6, 6.07) is 13.9. The Morgan fingerprint density at radius 3 is 2.43 bits per heavy atom. The van der Waals surface area contributed by atoms with Crippen molar-refractivity contribution in [3.63, 3.8) is 0 Å². The molecule has 2 aromatic carbocycles. The van der Waals surface area contributed by atoms with Gasteiger partial charge in [-0.15, -0.1) is 0 Å². The molecule has 1 aliphatic rings. The zero-order valence-electron chi connectivity index (χ0n) is 20.4. The number of hydrogen-bond acceptors (Lipinski definition) is 4. The van der Waals surface area contributed by atoms with Gasteiger partial charge in [0.1, 0.15) is 6.04 Å². The topological polar surface area (TPSA) is 83.6 Å². The number of benzene rings is 2. The van der Waals surface area contributed by atoms with Crippen molar-refractivity contribution in [3.8, 4) is 17.0 Å². The van der Waals surface area contributed by atoms with E-state index in [1.165, 1.54) is 12.1 Å². The second-order valence-electron chi connectivity index (χ2n) is 8.93. The Labute approximate surface area is 212 Å². The van der Waals surface area contributed by atoms with E-state index in [1.54, 1.807) is 11.1 Å². The molecule has 4 rings (SSSR count). The Balaban J connectivity index is 1.41. The number of carbonyl (C=O) groups excluding carboxylic acids is 2. The van der Waals surface area contributed by atoms with Crippen LogP contribution in [0.3, 0.4) is 0 Å². The first-order valence-corrected chi connectivity index (χ1v) is 11.9. The van der Waals surface area contributed by atoms with Gasteiger partial charge in [-0.25, -0.2) is 9.78 Å². The number of anilines is 2. The molecular formula is C27H27F3N4O3. The van der Waals surface area contributed by atoms with Crippen molar-refractivity contribution in [2.45, 2.75) is 45.0 Å². The number of rotatable bonds is 6. The van der Waals surface area contributed by atoms with Gasteiger partial charge in [-0.05, 0) is 80.8 Å². The molecule has 2 N–H and O–H groups in total. The number of halogens is 3. The van der Waals surface area contributed by atoms with Crippen LogP contribution in [-0.4, -0.2) is 35.6 Å². The number of urea groups is 1. The third kappa shape index (κ3) is 6.38. The van der Waals surface area contributed by atoms with Crippen molar-refractivity contribution in [2.24, 2.45) is 0 Å². The van der Waals surface area contributed by atoms with Gasteiger partial charge in [-0.3, -0.25) is 4.79 Å². The SMILES string of the molecule is CC(C)Oc1ncccc1-c1ccc(N2CCC[C@@H](NC(=O)Nc3ccc(C(F)(F)F)cc3)C2=O)cc1. The summed E-state index contributed by atoms with van der Waals surface area (Å²) in [5, 5.41) is 5.12. The molecule has 0 saturated carbocycles. The van der Waals surface area contributed by atoms with Crippen LogP contribution in [0.5, 0.6) is 5.88 Å². The fourth-order valence-electron chi connectivity index (χ4n) is 4.08. The predicted molar refractivity (Wildman–Crippen MR) is 134 cm³/mol. The number of carbonyl (C=O) groups is 2. The molecule has 0 radical (unpaired) electrons. The van der Waals surface area contributed by atoms with Crippen LogP contribution in [0.2, 0.25) is 0 Å². The van der Waals surface area contributed by atoms with E-state index in [-0.39, 0.29) is 17.7 Å². The smallest absolute Gasteiger partial charge is 0.416 e. The molecule has 0 unspecified atom stereocenters. The third-order valence-electron chi connectivity index (χ3n) is 5.82. The summed E-state index contributed by atoms with van der Waals surface area (Å²) in [6.07, 6.45) is -1.69. The minimum atomic E-state index is -4.46. The van der Waals surface area contributed by atoms with Crippen LogP contribution in [-0.2, 0) is 11.0 Å². The summed E-state index contributed by atoms with van der Waals surface area (Å²) in [5.41, 5.74) is 1.81. The fraction of sp³-hybridized carbons (Fsp3) is 0.296. The molecule has 1 atom stereocenters. The Morgan fingerprint density at radius 2 is 1.78 bits per heavy atom. The first-order valence-electron chi connectivity index (χ1n) is 11.9. The summed E-state index contributed by atoms with van der Waals surface area (Å²) < 4.78 is 44.0. The Kier molecular flexibility index (Phi) is 7.66. The summed E-state index contributed by atoms with van der Waals surface area (Å²) >= 11 is 0. The second kappa shape index (κ2) is 10.9. The van der Waals surface area contributed by atoms with E-state index >= 15 is 0 Å². The Morgan fingerprint density at radius 1 is 1.08 bits per heavy atom. The maximum atomic E-state index is 13.1. The summed E-state index contributed by atoms with van der Waals surface area (Å²) in [4.78, 5) is 31.5. The molecular weight excluding hydrogens is 485 g/mol. The second-order valence-corrected chi connectivity index (χ2v) is 8.93. The van der Waals surface area contributed by atoms with Gasteiger partial charge in [0.15, 0.2) is 0 Å². The normalized spacial score (nSPS) is 16.0. The zero-order chi connectivity index (χ0) is 26.6. The number of hydrogen-bond donors (Lipinski definition) is 2. The van der Waals surface area contributed by atoms with E-state index < -0.39 is 23.8 Å². The van der Waals surface area contributed by atoms with Gasteiger partial charge in [0, 0.05) is 29.7 Å². The van der Waals surface area contributed by atoms with Crippen molar-refractivity contribution in [3.05, 3.63) is 72.4 Å². The largest absolute Gasteiger partial charge is 0.475 e. The van der Waals surface area contributed by atoms with Gasteiger partial charge >= 0.3 is 12.2 Å². The fourth-order valence-corrected chi connectivity index (χ4v) is 4.08. The van der Waals surface area contributed by atoms with Crippen molar-refractivity contribution in [2.75, 3.05) is 16.8 Å². The molecule has 0 bridgehead atoms. The van der Waals surface area contributed by atoms with E-state index in [2.05, 4.69) is 15.6 Å². The summed E-state index contributed by atoms with van der Waals surface area (Å²) in [6.45, 7) is 4.36. The maximum Gasteiger partial charge on any atom is 0.416 e. The quantitative estimate of drug-likeness (QED) is 0.433. The summed E-state index contributed by atoms with van der Waals surface area (Å²) in [5.74, 6) is 0.273. The lowest BCUT2D eigenvalue weighted by atomic mass is 10.0. The highest BCUT2D eigenvalue weighted by Gasteiger charge is 2.32. The maximum absolute atomic E-state index is 13.1. The van der Waals surface area contributed by atoms with Crippen molar-refractivity contribution in [1.82, 2.24) is 10.3 Å². The molecule has 7 nitrogen and oxygen atoms in total. The lowest BCUT2D eigenvalue weighted by Gasteiger charge is -2.32. The first kappa shape index (κ1) is 26.0. The van der Waals surface area contributed by atoms with Crippen LogP contribution in [0.25, 0.3) is 11.1 Å². The van der Waals surface area contributed by atoms with E-state index in [0.717, 1.165) is 23.3 Å². The van der Waals surface area contributed by atoms with Gasteiger partial charge in [-0.2, -0.15) is 13.2 Å². The molecule has 194 valence electrons. The lowest BCUT2D eigenvalue weighted by molar-refractivity contribution is -0.137. The number of amides is 3. The van der Waals surface area contributed by atoms with Crippen LogP contribution >= 0.6 is 0 Å². The van der Waals surface area contributed by atoms with Crippen molar-refractivity contribution in [1.29, 1.82) is 0 Å². The summed E-state index contributed by atoms with van der Waals surface area (Å²) in [7, 11) is 0. The third-order valence-corrected chi connectivity index (χ3v) is 5.82. The monoisotopic (exact) mass is 512 g/mol. The molecule has 1 aliphatic heterocycles. The standard InChI is InChI=1S/C27H27F3N4O3/c1-17(2)37-24-22(5-3-15-31-24)18-7-13-21(14-8-18)34-16-4-6-23(25(34)35)33-26(36)32-20-11-9-19(10-12-20)27(28,29)30/h3,5,7-15,17,23H,4,6,16H2,1-2H3,(H2,32,33,36)/t23-/m1/s1. The Hall–Kier alpha value is -4.08. The van der Waals surface area contributed by atoms with E-state index in [4.69, 9.17) is 4.74 Å². The number of ether oxygens (including phenoxy) is 1.